The monoisotopic (exact) mass is 337 g/mol. The van der Waals surface area contributed by atoms with E-state index in [1.54, 1.807) is 13.0 Å². The fourth-order valence-electron chi connectivity index (χ4n) is 1.44. The zero-order valence-electron chi connectivity index (χ0n) is 11.4. The maximum atomic E-state index is 12.8. The van der Waals surface area contributed by atoms with Gasteiger partial charge in [-0.05, 0) is 31.0 Å². The maximum absolute atomic E-state index is 12.8. The van der Waals surface area contributed by atoms with Crippen molar-refractivity contribution in [1.82, 2.24) is 5.32 Å². The van der Waals surface area contributed by atoms with E-state index in [9.17, 15) is 13.2 Å². The first-order valence-electron chi connectivity index (χ1n) is 6.05. The summed E-state index contributed by atoms with van der Waals surface area (Å²) in [5.41, 5.74) is 0.445. The summed E-state index contributed by atoms with van der Waals surface area (Å²) in [4.78, 5) is 0. The summed E-state index contributed by atoms with van der Waals surface area (Å²) < 4.78 is 38.7. The fraction of sp³-hybridized carbons (Fsp3) is 0.429. The van der Waals surface area contributed by atoms with Crippen molar-refractivity contribution in [3.8, 4) is 0 Å². The van der Waals surface area contributed by atoms with Crippen molar-refractivity contribution in [2.45, 2.75) is 33.4 Å². The molecule has 108 valence electrons. The van der Waals surface area contributed by atoms with Gasteiger partial charge in [-0.25, -0.2) is 0 Å². The van der Waals surface area contributed by atoms with E-state index < -0.39 is 11.7 Å². The lowest BCUT2D eigenvalue weighted by Gasteiger charge is -2.14. The molecule has 19 heavy (non-hydrogen) atoms. The summed E-state index contributed by atoms with van der Waals surface area (Å²) in [5, 5.41) is 2.91. The Morgan fingerprint density at radius 3 is 2.37 bits per heavy atom. The van der Waals surface area contributed by atoms with E-state index in [0.29, 0.717) is 17.4 Å². The zero-order chi connectivity index (χ0) is 15.1. The Bertz CT molecular complexity index is 414. The van der Waals surface area contributed by atoms with Crippen LogP contribution in [0.5, 0.6) is 0 Å². The summed E-state index contributed by atoms with van der Waals surface area (Å²) in [7, 11) is 0. The first-order chi connectivity index (χ1) is 8.80. The van der Waals surface area contributed by atoms with Crippen molar-refractivity contribution >= 4 is 15.9 Å². The van der Waals surface area contributed by atoms with Gasteiger partial charge in [0.15, 0.2) is 0 Å². The standard InChI is InChI=1S/C12H13BrF3N.C2H6/c1-8(2)17-6-5-9-3-4-10(13)7-11(9)12(14,15)16;1-2/h3-4,7,17H,1,5-6H2,2H3;1-2H3. The number of benzene rings is 1. The van der Waals surface area contributed by atoms with E-state index in [1.807, 2.05) is 13.8 Å². The maximum Gasteiger partial charge on any atom is 0.416 e. The van der Waals surface area contributed by atoms with Gasteiger partial charge in [0.1, 0.15) is 0 Å². The van der Waals surface area contributed by atoms with Gasteiger partial charge in [-0.1, -0.05) is 42.4 Å². The van der Waals surface area contributed by atoms with Gasteiger partial charge in [-0.2, -0.15) is 13.2 Å². The Kier molecular flexibility index (Phi) is 7.83. The topological polar surface area (TPSA) is 12.0 Å². The lowest BCUT2D eigenvalue weighted by Crippen LogP contribution is -2.17. The van der Waals surface area contributed by atoms with E-state index in [1.165, 1.54) is 6.07 Å². The average molecular weight is 338 g/mol. The molecule has 0 atom stereocenters. The number of halogens is 4. The molecule has 0 aliphatic carbocycles. The first-order valence-corrected chi connectivity index (χ1v) is 6.85. The van der Waals surface area contributed by atoms with Crippen LogP contribution >= 0.6 is 15.9 Å². The van der Waals surface area contributed by atoms with E-state index in [-0.39, 0.29) is 5.56 Å². The number of allylic oxidation sites excluding steroid dienone is 1. The Morgan fingerprint density at radius 1 is 1.32 bits per heavy atom. The molecule has 0 heterocycles. The third-order valence-corrected chi connectivity index (χ3v) is 2.69. The highest BCUT2D eigenvalue weighted by atomic mass is 79.9. The van der Waals surface area contributed by atoms with Crippen molar-refractivity contribution in [3.63, 3.8) is 0 Å². The van der Waals surface area contributed by atoms with Gasteiger partial charge in [-0.15, -0.1) is 0 Å². The largest absolute Gasteiger partial charge is 0.416 e. The summed E-state index contributed by atoms with van der Waals surface area (Å²) in [6, 6.07) is 4.22. The van der Waals surface area contributed by atoms with Crippen molar-refractivity contribution < 1.29 is 13.2 Å². The van der Waals surface area contributed by atoms with Crippen LogP contribution in [0.1, 0.15) is 31.9 Å². The lowest BCUT2D eigenvalue weighted by molar-refractivity contribution is -0.138. The van der Waals surface area contributed by atoms with Crippen LogP contribution in [0, 0.1) is 0 Å². The van der Waals surface area contributed by atoms with Crippen LogP contribution in [0.25, 0.3) is 0 Å². The van der Waals surface area contributed by atoms with E-state index in [2.05, 4.69) is 27.8 Å². The quantitative estimate of drug-likeness (QED) is 0.800. The van der Waals surface area contributed by atoms with Crippen LogP contribution in [-0.4, -0.2) is 6.54 Å². The predicted octanol–water partition coefficient (Wildman–Crippen LogP) is 5.16. The molecule has 1 aromatic rings. The zero-order valence-corrected chi connectivity index (χ0v) is 13.0. The second-order valence-electron chi connectivity index (χ2n) is 3.76. The molecular weight excluding hydrogens is 319 g/mol. The summed E-state index contributed by atoms with van der Waals surface area (Å²) >= 11 is 3.05. The molecule has 0 bridgehead atoms. The molecular formula is C14H19BrF3N. The van der Waals surface area contributed by atoms with Gasteiger partial charge < -0.3 is 5.32 Å². The summed E-state index contributed by atoms with van der Waals surface area (Å²) in [6.07, 6.45) is -4.00. The molecule has 0 aliphatic rings. The molecule has 0 spiro atoms. The van der Waals surface area contributed by atoms with Crippen LogP contribution in [0.15, 0.2) is 34.9 Å². The van der Waals surface area contributed by atoms with Crippen molar-refractivity contribution in [2.75, 3.05) is 6.54 Å². The van der Waals surface area contributed by atoms with Gasteiger partial charge in [0.05, 0.1) is 5.56 Å². The summed E-state index contributed by atoms with van der Waals surface area (Å²) in [5.74, 6) is 0. The molecule has 0 aromatic heterocycles. The fourth-order valence-corrected chi connectivity index (χ4v) is 1.80. The molecule has 0 radical (unpaired) electrons. The molecule has 0 amide bonds. The summed E-state index contributed by atoms with van der Waals surface area (Å²) in [6.45, 7) is 9.85. The molecule has 0 aliphatic heterocycles. The number of rotatable bonds is 4. The predicted molar refractivity (Wildman–Crippen MR) is 77.0 cm³/mol. The number of nitrogens with one attached hydrogen (secondary N) is 1. The average Bonchev–Trinajstić information content (AvgIpc) is 2.32. The van der Waals surface area contributed by atoms with E-state index in [0.717, 1.165) is 11.8 Å². The Morgan fingerprint density at radius 2 is 1.89 bits per heavy atom. The molecule has 0 saturated heterocycles. The molecule has 1 rings (SSSR count). The molecule has 0 saturated carbocycles. The van der Waals surface area contributed by atoms with Crippen LogP contribution in [0.2, 0.25) is 0 Å². The first kappa shape index (κ1) is 18.0. The number of alkyl halides is 3. The molecule has 0 unspecified atom stereocenters. The highest BCUT2D eigenvalue weighted by molar-refractivity contribution is 9.10. The molecule has 1 nitrogen and oxygen atoms in total. The SMILES string of the molecule is C=C(C)NCCc1ccc(Br)cc1C(F)(F)F.CC. The number of hydrogen-bond donors (Lipinski definition) is 1. The number of hydrogen-bond acceptors (Lipinski definition) is 1. The van der Waals surface area contributed by atoms with Crippen molar-refractivity contribution in [2.24, 2.45) is 0 Å². The normalized spacial score (nSPS) is 10.5. The smallest absolute Gasteiger partial charge is 0.389 e. The third-order valence-electron chi connectivity index (χ3n) is 2.20. The van der Waals surface area contributed by atoms with Gasteiger partial charge >= 0.3 is 6.18 Å². The highest BCUT2D eigenvalue weighted by Gasteiger charge is 2.33. The Hall–Kier alpha value is -0.970. The van der Waals surface area contributed by atoms with Crippen LogP contribution in [-0.2, 0) is 12.6 Å². The van der Waals surface area contributed by atoms with Crippen LogP contribution in [0.4, 0.5) is 13.2 Å². The van der Waals surface area contributed by atoms with Crippen molar-refractivity contribution in [1.29, 1.82) is 0 Å². The van der Waals surface area contributed by atoms with Crippen LogP contribution < -0.4 is 5.32 Å². The molecule has 1 N–H and O–H groups in total. The van der Waals surface area contributed by atoms with Gasteiger partial charge in [-0.3, -0.25) is 0 Å². The minimum Gasteiger partial charge on any atom is -0.389 e. The lowest BCUT2D eigenvalue weighted by atomic mass is 10.0. The Balaban J connectivity index is 0.00000154. The molecule has 5 heteroatoms. The molecule has 1 aromatic carbocycles. The van der Waals surface area contributed by atoms with Gasteiger partial charge in [0, 0.05) is 16.7 Å². The second-order valence-corrected chi connectivity index (χ2v) is 4.67. The van der Waals surface area contributed by atoms with Gasteiger partial charge in [0.25, 0.3) is 0 Å². The minimum atomic E-state index is -4.32. The second kappa shape index (κ2) is 8.25. The van der Waals surface area contributed by atoms with E-state index >= 15 is 0 Å². The van der Waals surface area contributed by atoms with Gasteiger partial charge in [0.2, 0.25) is 0 Å². The van der Waals surface area contributed by atoms with Crippen molar-refractivity contribution in [3.05, 3.63) is 46.1 Å². The Labute approximate surface area is 121 Å². The molecule has 0 fully saturated rings. The van der Waals surface area contributed by atoms with Crippen LogP contribution in [0.3, 0.4) is 0 Å². The third kappa shape index (κ3) is 6.66. The highest BCUT2D eigenvalue weighted by Crippen LogP contribution is 2.33. The minimum absolute atomic E-state index is 0.287. The van der Waals surface area contributed by atoms with E-state index in [4.69, 9.17) is 0 Å².